The number of carbonyl (C=O) groups excluding carboxylic acids is 1. The second-order valence-electron chi connectivity index (χ2n) is 11.1. The number of hydrogen-bond acceptors (Lipinski definition) is 3. The van der Waals surface area contributed by atoms with Crippen molar-refractivity contribution in [2.24, 2.45) is 63.4 Å². The highest BCUT2D eigenvalue weighted by Gasteiger charge is 2.76. The number of ketones is 1. The molecule has 28 heavy (non-hydrogen) atoms. The Morgan fingerprint density at radius 2 is 2.04 bits per heavy atom. The summed E-state index contributed by atoms with van der Waals surface area (Å²) in [6.07, 6.45) is 15.2. The Morgan fingerprint density at radius 1 is 1.18 bits per heavy atom. The molecule has 5 saturated carbocycles. The van der Waals surface area contributed by atoms with Crippen molar-refractivity contribution >= 4 is 5.78 Å². The van der Waals surface area contributed by atoms with Crippen LogP contribution in [0.3, 0.4) is 0 Å². The summed E-state index contributed by atoms with van der Waals surface area (Å²) in [4.78, 5) is 22.7. The normalized spacial score (nSPS) is 55.5. The lowest BCUT2D eigenvalue weighted by Crippen LogP contribution is -2.52. The highest BCUT2D eigenvalue weighted by atomic mass is 16.3. The first-order valence-corrected chi connectivity index (χ1v) is 11.8. The fraction of sp³-hybridized carbons (Fsp3) is 0.800. The number of allylic oxidation sites excluding steroid dienone is 2. The first kappa shape index (κ1) is 17.6. The van der Waals surface area contributed by atoms with Crippen molar-refractivity contribution in [3.8, 4) is 0 Å². The standard InChI is InChI=1S/C25H33NO2/c1-3-25-9-7-16-15-6-5-14(27)11-17(15)18-12-19(18)22(16)23(25)20-13-21(20)24(25,2)8-4-10-26-28/h4,8,11,15-16,18-23H,3,5-7,9-10,12-13H2,1-2H3/b8-4-/t15?,16?,18-,19-,20+,21-,22?,23?,24+,25?/m0/s1. The van der Waals surface area contributed by atoms with Gasteiger partial charge in [-0.15, -0.1) is 0 Å². The average molecular weight is 380 g/mol. The average Bonchev–Trinajstić information content (AvgIpc) is 3.60. The SMILES string of the molecule is CCC12CCC3C4CCC(=O)C=C4[C@@H]4C[C@@H]4C3C1[C@@H]1C[C@@H]1[C@@]2(C)/C=C\CN=O. The number of nitrogens with zero attached hydrogens (tertiary/aromatic N) is 1. The Labute approximate surface area is 168 Å². The third-order valence-corrected chi connectivity index (χ3v) is 10.6. The largest absolute Gasteiger partial charge is 0.295 e. The number of hydrogen-bond donors (Lipinski definition) is 0. The molecule has 0 aromatic rings. The van der Waals surface area contributed by atoms with Gasteiger partial charge in [-0.05, 0) is 103 Å². The van der Waals surface area contributed by atoms with Crippen LogP contribution in [-0.2, 0) is 4.79 Å². The van der Waals surface area contributed by atoms with E-state index in [0.717, 1.165) is 54.3 Å². The Hall–Kier alpha value is -1.25. The summed E-state index contributed by atoms with van der Waals surface area (Å²) < 4.78 is 0. The summed E-state index contributed by atoms with van der Waals surface area (Å²) in [7, 11) is 0. The maximum Gasteiger partial charge on any atom is 0.155 e. The van der Waals surface area contributed by atoms with E-state index in [1.807, 2.05) is 0 Å². The molecular formula is C25H33NO2. The molecule has 0 radical (unpaired) electrons. The summed E-state index contributed by atoms with van der Waals surface area (Å²) in [6.45, 7) is 5.26. The maximum absolute atomic E-state index is 12.1. The van der Waals surface area contributed by atoms with E-state index < -0.39 is 0 Å². The Balaban J connectivity index is 1.39. The number of nitroso groups, excluding NO2 is 1. The summed E-state index contributed by atoms with van der Waals surface area (Å²) >= 11 is 0. The predicted octanol–water partition coefficient (Wildman–Crippen LogP) is 5.56. The Bertz CT molecular complexity index is 798. The van der Waals surface area contributed by atoms with Gasteiger partial charge < -0.3 is 0 Å². The zero-order chi connectivity index (χ0) is 19.3. The first-order valence-electron chi connectivity index (χ1n) is 11.8. The van der Waals surface area contributed by atoms with Gasteiger partial charge in [-0.2, -0.15) is 4.91 Å². The monoisotopic (exact) mass is 379 g/mol. The van der Waals surface area contributed by atoms with Crippen LogP contribution in [0.4, 0.5) is 0 Å². The van der Waals surface area contributed by atoms with E-state index in [2.05, 4.69) is 37.3 Å². The summed E-state index contributed by atoms with van der Waals surface area (Å²) in [5, 5.41) is 3.08. The van der Waals surface area contributed by atoms with Crippen LogP contribution in [0.15, 0.2) is 29.0 Å². The molecule has 3 nitrogen and oxygen atoms in total. The third-order valence-electron chi connectivity index (χ3n) is 10.6. The quantitative estimate of drug-likeness (QED) is 0.474. The minimum atomic E-state index is 0.246. The van der Waals surface area contributed by atoms with Crippen molar-refractivity contribution in [1.29, 1.82) is 0 Å². The second-order valence-corrected chi connectivity index (χ2v) is 11.1. The van der Waals surface area contributed by atoms with Crippen LogP contribution in [0.25, 0.3) is 0 Å². The van der Waals surface area contributed by atoms with Gasteiger partial charge in [-0.1, -0.05) is 36.7 Å². The minimum absolute atomic E-state index is 0.246. The lowest BCUT2D eigenvalue weighted by Gasteiger charge is -2.59. The van der Waals surface area contributed by atoms with E-state index in [1.165, 1.54) is 32.1 Å². The van der Waals surface area contributed by atoms with E-state index in [9.17, 15) is 9.70 Å². The van der Waals surface area contributed by atoms with Gasteiger partial charge in [0.25, 0.3) is 0 Å². The van der Waals surface area contributed by atoms with Crippen LogP contribution >= 0.6 is 0 Å². The van der Waals surface area contributed by atoms with Gasteiger partial charge in [0, 0.05) is 6.42 Å². The van der Waals surface area contributed by atoms with Gasteiger partial charge in [0.2, 0.25) is 0 Å². The molecule has 0 spiro atoms. The Morgan fingerprint density at radius 3 is 2.82 bits per heavy atom. The topological polar surface area (TPSA) is 46.5 Å². The lowest BCUT2D eigenvalue weighted by atomic mass is 9.45. The zero-order valence-electron chi connectivity index (χ0n) is 17.3. The van der Waals surface area contributed by atoms with Crippen LogP contribution in [0.5, 0.6) is 0 Å². The molecule has 6 aliphatic carbocycles. The second kappa shape index (κ2) is 5.67. The number of rotatable bonds is 4. The van der Waals surface area contributed by atoms with E-state index in [4.69, 9.17) is 0 Å². The van der Waals surface area contributed by atoms with Gasteiger partial charge in [0.15, 0.2) is 5.78 Å². The van der Waals surface area contributed by atoms with Crippen LogP contribution in [0.2, 0.25) is 0 Å². The van der Waals surface area contributed by atoms with Crippen LogP contribution in [-0.4, -0.2) is 12.3 Å². The summed E-state index contributed by atoms with van der Waals surface area (Å²) in [6, 6.07) is 0. The smallest absolute Gasteiger partial charge is 0.155 e. The van der Waals surface area contributed by atoms with Crippen LogP contribution in [0.1, 0.15) is 58.8 Å². The molecule has 10 atom stereocenters. The molecule has 0 heterocycles. The molecule has 0 amide bonds. The van der Waals surface area contributed by atoms with Crippen molar-refractivity contribution in [1.82, 2.24) is 0 Å². The van der Waals surface area contributed by atoms with Crippen molar-refractivity contribution in [3.63, 3.8) is 0 Å². The van der Waals surface area contributed by atoms with Gasteiger partial charge in [-0.25, -0.2) is 0 Å². The van der Waals surface area contributed by atoms with Crippen molar-refractivity contribution < 1.29 is 4.79 Å². The molecule has 0 aliphatic heterocycles. The molecule has 6 rings (SSSR count). The first-order chi connectivity index (χ1) is 13.6. The van der Waals surface area contributed by atoms with Gasteiger partial charge in [-0.3, -0.25) is 4.79 Å². The molecular weight excluding hydrogens is 346 g/mol. The molecule has 0 bridgehead atoms. The van der Waals surface area contributed by atoms with Crippen molar-refractivity contribution in [2.75, 3.05) is 6.54 Å². The Kier molecular flexibility index (Phi) is 3.56. The highest BCUT2D eigenvalue weighted by Crippen LogP contribution is 2.82. The molecule has 3 heteroatoms. The fourth-order valence-corrected chi connectivity index (χ4v) is 9.58. The molecule has 5 unspecified atom stereocenters. The predicted molar refractivity (Wildman–Crippen MR) is 109 cm³/mol. The third kappa shape index (κ3) is 1.99. The number of carbonyl (C=O) groups is 1. The summed E-state index contributed by atoms with van der Waals surface area (Å²) in [5.41, 5.74) is 2.23. The minimum Gasteiger partial charge on any atom is -0.295 e. The molecule has 0 aromatic heterocycles. The van der Waals surface area contributed by atoms with Gasteiger partial charge in [0.1, 0.15) is 0 Å². The fourth-order valence-electron chi connectivity index (χ4n) is 9.58. The van der Waals surface area contributed by atoms with Crippen molar-refractivity contribution in [2.45, 2.75) is 58.8 Å². The van der Waals surface area contributed by atoms with E-state index in [1.54, 1.807) is 5.57 Å². The van der Waals surface area contributed by atoms with Crippen LogP contribution < -0.4 is 0 Å². The van der Waals surface area contributed by atoms with E-state index >= 15 is 0 Å². The van der Waals surface area contributed by atoms with E-state index in [-0.39, 0.29) is 5.41 Å². The zero-order valence-corrected chi connectivity index (χ0v) is 17.3. The van der Waals surface area contributed by atoms with E-state index in [0.29, 0.717) is 23.7 Å². The van der Waals surface area contributed by atoms with Crippen LogP contribution in [0, 0.1) is 63.1 Å². The van der Waals surface area contributed by atoms with Gasteiger partial charge >= 0.3 is 0 Å². The molecule has 6 aliphatic rings. The van der Waals surface area contributed by atoms with Gasteiger partial charge in [0.05, 0.1) is 6.54 Å². The highest BCUT2D eigenvalue weighted by molar-refractivity contribution is 5.91. The molecule has 5 fully saturated rings. The molecule has 0 N–H and O–H groups in total. The number of fused-ring (bicyclic) bond motifs is 10. The molecule has 150 valence electrons. The summed E-state index contributed by atoms with van der Waals surface area (Å²) in [5.74, 6) is 7.01. The molecule has 0 saturated heterocycles. The maximum atomic E-state index is 12.1. The molecule has 0 aromatic carbocycles. The van der Waals surface area contributed by atoms with Crippen molar-refractivity contribution in [3.05, 3.63) is 28.7 Å². The lowest BCUT2D eigenvalue weighted by molar-refractivity contribution is -0.116.